The fraction of sp³-hybridized carbons (Fsp3) is 0.438. The Hall–Kier alpha value is -3.87. The van der Waals surface area contributed by atoms with Gasteiger partial charge in [-0.15, -0.1) is 9.42 Å². The molecule has 0 spiro atoms. The summed E-state index contributed by atoms with van der Waals surface area (Å²) < 4.78 is 45.8. The number of carbonyl (C=O) groups is 1. The molecule has 4 aromatic heterocycles. The molecule has 1 amide bonds. The van der Waals surface area contributed by atoms with Crippen molar-refractivity contribution in [3.63, 3.8) is 0 Å². The number of carbonyl (C=O) groups excluding carboxylic acids is 1. The van der Waals surface area contributed by atoms with Crippen LogP contribution >= 0.6 is 14.7 Å². The highest BCUT2D eigenvalue weighted by Crippen LogP contribution is 2.52. The Labute approximate surface area is 308 Å². The van der Waals surface area contributed by atoms with E-state index in [9.17, 15) is 24.2 Å². The molecule has 2 saturated heterocycles. The maximum Gasteiger partial charge on any atom is 0.695 e. The van der Waals surface area contributed by atoms with E-state index in [4.69, 9.17) is 34.9 Å². The van der Waals surface area contributed by atoms with E-state index >= 15 is 0 Å². The standard InChI is InChI=1S/C32H36N8O10P2S/c1-16-22(48-32(25(16)49-51(44)45)40-15-35-23-28(40)36-18(3)37-30(23)43)13-46-52(4,53)50-24-17(2)31(47-21(24)12-41)39-11-10-20-26(33-14-34-27(20)39)38-29(42)19-8-6-5-7-9-19/h5-11,14-17,21-22,24-25,31-32,41H,12-13H2,1-4H3,(H2-,33,34,36,37,38,42,43,44,45)/p+1/t16?,17-,21+,22+,24?,25-,31+,32+,52?/m0/s1. The number of amides is 1. The van der Waals surface area contributed by atoms with Crippen molar-refractivity contribution in [2.45, 2.75) is 57.6 Å². The monoisotopic (exact) mass is 787 g/mol. The fourth-order valence-electron chi connectivity index (χ4n) is 6.76. The second-order valence-corrected chi connectivity index (χ2v) is 17.6. The van der Waals surface area contributed by atoms with E-state index in [1.165, 1.54) is 17.2 Å². The first-order valence-electron chi connectivity index (χ1n) is 16.6. The summed E-state index contributed by atoms with van der Waals surface area (Å²) in [4.78, 5) is 54.9. The van der Waals surface area contributed by atoms with Gasteiger partial charge in [-0.2, -0.15) is 0 Å². The summed E-state index contributed by atoms with van der Waals surface area (Å²) >= 11 is 5.85. The molecular formula is C32H37N8O10P2S+. The molecule has 10 atom stereocenters. The number of benzene rings is 1. The van der Waals surface area contributed by atoms with Crippen LogP contribution in [0.3, 0.4) is 0 Å². The molecule has 4 unspecified atom stereocenters. The molecule has 18 nitrogen and oxygen atoms in total. The highest BCUT2D eigenvalue weighted by atomic mass is 32.5. The van der Waals surface area contributed by atoms with Crippen molar-refractivity contribution in [3.05, 3.63) is 77.0 Å². The topological polar surface area (TPSA) is 227 Å². The Balaban J connectivity index is 1.05. The molecule has 53 heavy (non-hydrogen) atoms. The Morgan fingerprint density at radius 3 is 2.55 bits per heavy atom. The minimum absolute atomic E-state index is 0.0565. The lowest BCUT2D eigenvalue weighted by molar-refractivity contribution is -0.0474. The highest BCUT2D eigenvalue weighted by molar-refractivity contribution is 8.09. The normalized spacial score (nSPS) is 27.3. The zero-order valence-electron chi connectivity index (χ0n) is 28.9. The van der Waals surface area contributed by atoms with Gasteiger partial charge in [-0.3, -0.25) is 14.2 Å². The van der Waals surface area contributed by atoms with Gasteiger partial charge in [0.05, 0.1) is 31.0 Å². The number of nitrogens with one attached hydrogen (secondary N) is 2. The SMILES string of the molecule is Cc1nc2c(ncn2[C@@H]2O[C@H](COP(C)(=S)OC3[C@@H](CO)O[C@@H](n4ccc5c(NC(=O)c6ccccc6)ncnc54)[C@H]3C)C(C)[C@@H]2O[P+](=O)O)c(=O)[nH]1. The van der Waals surface area contributed by atoms with Crippen molar-refractivity contribution in [3.8, 4) is 0 Å². The zero-order chi connectivity index (χ0) is 37.6. The Morgan fingerprint density at radius 2 is 1.81 bits per heavy atom. The Bertz CT molecular complexity index is 2270. The molecule has 280 valence electrons. The average Bonchev–Trinajstić information content (AvgIpc) is 3.89. The molecule has 0 aliphatic carbocycles. The number of rotatable bonds is 12. The summed E-state index contributed by atoms with van der Waals surface area (Å²) in [6.07, 6.45) is -0.114. The number of hydrogen-bond acceptors (Lipinski definition) is 14. The fourth-order valence-corrected chi connectivity index (χ4v) is 8.99. The number of aromatic amines is 1. The van der Waals surface area contributed by atoms with Crippen molar-refractivity contribution in [2.75, 3.05) is 25.2 Å². The van der Waals surface area contributed by atoms with Gasteiger partial charge in [0.1, 0.15) is 42.1 Å². The average molecular weight is 788 g/mol. The van der Waals surface area contributed by atoms with Gasteiger partial charge in [-0.05, 0) is 36.9 Å². The maximum absolute atomic E-state index is 12.9. The molecule has 21 heteroatoms. The predicted molar refractivity (Wildman–Crippen MR) is 194 cm³/mol. The molecule has 0 saturated carbocycles. The number of aliphatic hydroxyl groups is 1. The number of ether oxygens (including phenoxy) is 2. The van der Waals surface area contributed by atoms with Crippen molar-refractivity contribution < 1.29 is 42.4 Å². The summed E-state index contributed by atoms with van der Waals surface area (Å²) in [5, 5.41) is 13.8. The third kappa shape index (κ3) is 7.47. The summed E-state index contributed by atoms with van der Waals surface area (Å²) in [6, 6.07) is 10.6. The van der Waals surface area contributed by atoms with Crippen molar-refractivity contribution in [1.29, 1.82) is 0 Å². The van der Waals surface area contributed by atoms with Crippen LogP contribution in [0, 0.1) is 18.8 Å². The zero-order valence-corrected chi connectivity index (χ0v) is 31.5. The van der Waals surface area contributed by atoms with Crippen molar-refractivity contribution in [1.82, 2.24) is 34.1 Å². The van der Waals surface area contributed by atoms with E-state index < -0.39 is 63.1 Å². The van der Waals surface area contributed by atoms with Gasteiger partial charge in [0.15, 0.2) is 30.0 Å². The lowest BCUT2D eigenvalue weighted by atomic mass is 10.0. The van der Waals surface area contributed by atoms with Crippen LogP contribution in [-0.2, 0) is 39.4 Å². The Kier molecular flexibility index (Phi) is 10.7. The highest BCUT2D eigenvalue weighted by Gasteiger charge is 2.50. The predicted octanol–water partition coefficient (Wildman–Crippen LogP) is 3.56. The Morgan fingerprint density at radius 1 is 1.06 bits per heavy atom. The van der Waals surface area contributed by atoms with Gasteiger partial charge in [0, 0.05) is 34.8 Å². The van der Waals surface area contributed by atoms with Crippen LogP contribution in [0.1, 0.15) is 42.5 Å². The molecule has 0 bridgehead atoms. The largest absolute Gasteiger partial charge is 0.695 e. The van der Waals surface area contributed by atoms with Crippen molar-refractivity contribution in [2.24, 2.45) is 11.8 Å². The molecule has 5 aromatic rings. The minimum atomic E-state index is -3.04. The van der Waals surface area contributed by atoms with E-state index in [0.717, 1.165) is 0 Å². The van der Waals surface area contributed by atoms with Gasteiger partial charge in [-0.25, -0.2) is 19.9 Å². The molecule has 4 N–H and O–H groups in total. The van der Waals surface area contributed by atoms with E-state index in [-0.39, 0.29) is 36.2 Å². The van der Waals surface area contributed by atoms with Gasteiger partial charge in [-0.1, -0.05) is 32.0 Å². The number of imidazole rings is 1. The first-order chi connectivity index (χ1) is 25.3. The number of aryl methyl sites for hydroxylation is 1. The molecule has 2 aliphatic rings. The van der Waals surface area contributed by atoms with Crippen LogP contribution in [0.25, 0.3) is 22.2 Å². The molecule has 2 fully saturated rings. The van der Waals surface area contributed by atoms with E-state index in [2.05, 4.69) is 30.2 Å². The first kappa shape index (κ1) is 37.4. The van der Waals surface area contributed by atoms with E-state index in [0.29, 0.717) is 28.2 Å². The number of nitrogens with zero attached hydrogens (tertiary/aromatic N) is 6. The molecule has 6 heterocycles. The molecule has 1 aromatic carbocycles. The van der Waals surface area contributed by atoms with Gasteiger partial charge < -0.3 is 38.5 Å². The number of anilines is 1. The van der Waals surface area contributed by atoms with Crippen molar-refractivity contribution >= 4 is 60.5 Å². The quantitative estimate of drug-likeness (QED) is 0.133. The summed E-state index contributed by atoms with van der Waals surface area (Å²) in [5.74, 6) is -0.443. The number of fused-ring (bicyclic) bond motifs is 2. The molecule has 0 radical (unpaired) electrons. The number of aromatic nitrogens is 7. The second-order valence-electron chi connectivity index (χ2n) is 13.0. The van der Waals surface area contributed by atoms with Crippen LogP contribution in [-0.4, -0.2) is 94.3 Å². The van der Waals surface area contributed by atoms with E-state index in [1.807, 2.05) is 13.0 Å². The lowest BCUT2D eigenvalue weighted by Crippen LogP contribution is -2.31. The molecule has 2 aliphatic heterocycles. The van der Waals surface area contributed by atoms with Gasteiger partial charge in [0.2, 0.25) is 0 Å². The number of hydrogen-bond donors (Lipinski definition) is 4. The lowest BCUT2D eigenvalue weighted by Gasteiger charge is -2.28. The summed E-state index contributed by atoms with van der Waals surface area (Å²) in [7, 11) is -3.01. The third-order valence-corrected chi connectivity index (χ3v) is 11.6. The second kappa shape index (κ2) is 15.1. The van der Waals surface area contributed by atoms with E-state index in [1.54, 1.807) is 61.6 Å². The molecule has 7 rings (SSSR count). The minimum Gasteiger partial charge on any atom is -0.394 e. The summed E-state index contributed by atoms with van der Waals surface area (Å²) in [6.45, 7) is 3.53. The smallest absolute Gasteiger partial charge is 0.394 e. The molecular weight excluding hydrogens is 750 g/mol. The van der Waals surface area contributed by atoms with Crippen LogP contribution in [0.2, 0.25) is 0 Å². The maximum atomic E-state index is 12.9. The van der Waals surface area contributed by atoms with Crippen LogP contribution in [0.4, 0.5) is 5.82 Å². The van der Waals surface area contributed by atoms with Gasteiger partial charge in [0.25, 0.3) is 11.5 Å². The third-order valence-electron chi connectivity index (χ3n) is 9.40. The van der Waals surface area contributed by atoms with Crippen LogP contribution in [0.5, 0.6) is 0 Å². The number of aliphatic hydroxyl groups excluding tert-OH is 1. The van der Waals surface area contributed by atoms with Gasteiger partial charge >= 0.3 is 8.25 Å². The van der Waals surface area contributed by atoms with Crippen LogP contribution in [0.15, 0.2) is 60.0 Å². The first-order valence-corrected chi connectivity index (χ1v) is 20.8. The summed E-state index contributed by atoms with van der Waals surface area (Å²) in [5.41, 5.74) is 0.863. The van der Waals surface area contributed by atoms with Crippen LogP contribution < -0.4 is 10.9 Å². The number of H-pyrrole nitrogens is 1.